The van der Waals surface area contributed by atoms with E-state index in [0.29, 0.717) is 23.2 Å². The van der Waals surface area contributed by atoms with Crippen LogP contribution in [0.15, 0.2) is 36.4 Å². The molecule has 5 heteroatoms. The number of hydrogen-bond donors (Lipinski definition) is 0. The van der Waals surface area contributed by atoms with Crippen molar-refractivity contribution in [1.82, 2.24) is 4.90 Å². The van der Waals surface area contributed by atoms with Gasteiger partial charge in [-0.3, -0.25) is 4.90 Å². The summed E-state index contributed by atoms with van der Waals surface area (Å²) >= 11 is 12.3. The van der Waals surface area contributed by atoms with E-state index in [-0.39, 0.29) is 6.04 Å². The molecule has 1 aliphatic rings. The third-order valence-corrected chi connectivity index (χ3v) is 4.42. The molecule has 2 aromatic rings. The SMILES string of the molecule is CCOc1ccc2c(c1)CCN(C#N)C2c1cc(Cl)cc(Cl)c1. The van der Waals surface area contributed by atoms with Gasteiger partial charge in [-0.2, -0.15) is 5.26 Å². The second kappa shape index (κ2) is 6.70. The van der Waals surface area contributed by atoms with Gasteiger partial charge in [-0.1, -0.05) is 29.3 Å². The zero-order valence-corrected chi connectivity index (χ0v) is 14.2. The standard InChI is InChI=1S/C18H16Cl2N2O/c1-2-23-16-3-4-17-12(9-16)5-6-22(11-21)18(17)13-7-14(19)10-15(20)8-13/h3-4,7-10,18H,2,5-6H2,1H3. The van der Waals surface area contributed by atoms with E-state index >= 15 is 0 Å². The van der Waals surface area contributed by atoms with Gasteiger partial charge in [-0.15, -0.1) is 0 Å². The zero-order chi connectivity index (χ0) is 16.4. The number of ether oxygens (including phenoxy) is 1. The van der Waals surface area contributed by atoms with Gasteiger partial charge in [0.05, 0.1) is 12.6 Å². The maximum atomic E-state index is 9.51. The van der Waals surface area contributed by atoms with Gasteiger partial charge in [0.25, 0.3) is 0 Å². The molecule has 118 valence electrons. The fraction of sp³-hybridized carbons (Fsp3) is 0.278. The number of nitrogens with zero attached hydrogens (tertiary/aromatic N) is 2. The Morgan fingerprint density at radius 1 is 1.22 bits per heavy atom. The Morgan fingerprint density at radius 2 is 1.96 bits per heavy atom. The number of rotatable bonds is 3. The minimum Gasteiger partial charge on any atom is -0.494 e. The Bertz CT molecular complexity index is 750. The number of benzene rings is 2. The maximum absolute atomic E-state index is 9.51. The molecule has 0 amide bonds. The Morgan fingerprint density at radius 3 is 2.61 bits per heavy atom. The fourth-order valence-electron chi connectivity index (χ4n) is 3.06. The van der Waals surface area contributed by atoms with E-state index in [2.05, 4.69) is 12.3 Å². The van der Waals surface area contributed by atoms with Crippen LogP contribution in [0.1, 0.15) is 29.7 Å². The van der Waals surface area contributed by atoms with Crippen LogP contribution in [0.4, 0.5) is 0 Å². The molecule has 23 heavy (non-hydrogen) atoms. The van der Waals surface area contributed by atoms with Gasteiger partial charge in [0.15, 0.2) is 6.19 Å². The van der Waals surface area contributed by atoms with Crippen LogP contribution in [0.2, 0.25) is 10.0 Å². The van der Waals surface area contributed by atoms with Crippen molar-refractivity contribution < 1.29 is 4.74 Å². The van der Waals surface area contributed by atoms with E-state index in [4.69, 9.17) is 27.9 Å². The first-order valence-corrected chi connectivity index (χ1v) is 8.26. The first-order chi connectivity index (χ1) is 11.1. The van der Waals surface area contributed by atoms with E-state index < -0.39 is 0 Å². The monoisotopic (exact) mass is 346 g/mol. The summed E-state index contributed by atoms with van der Waals surface area (Å²) in [5.41, 5.74) is 3.22. The van der Waals surface area contributed by atoms with Gasteiger partial charge in [0.2, 0.25) is 0 Å². The molecule has 0 bridgehead atoms. The van der Waals surface area contributed by atoms with Crippen LogP contribution < -0.4 is 4.74 Å². The summed E-state index contributed by atoms with van der Waals surface area (Å²) < 4.78 is 5.58. The molecule has 0 aliphatic carbocycles. The lowest BCUT2D eigenvalue weighted by Crippen LogP contribution is -2.32. The zero-order valence-electron chi connectivity index (χ0n) is 12.7. The summed E-state index contributed by atoms with van der Waals surface area (Å²) in [6, 6.07) is 11.3. The highest BCUT2D eigenvalue weighted by Gasteiger charge is 2.29. The minimum atomic E-state index is -0.171. The van der Waals surface area contributed by atoms with Crippen molar-refractivity contribution in [3.8, 4) is 11.9 Å². The fourth-order valence-corrected chi connectivity index (χ4v) is 3.60. The van der Waals surface area contributed by atoms with E-state index in [1.807, 2.05) is 31.2 Å². The quantitative estimate of drug-likeness (QED) is 0.747. The minimum absolute atomic E-state index is 0.171. The smallest absolute Gasteiger partial charge is 0.180 e. The molecule has 1 aliphatic heterocycles. The van der Waals surface area contributed by atoms with Crippen molar-refractivity contribution in [1.29, 1.82) is 5.26 Å². The van der Waals surface area contributed by atoms with Gasteiger partial charge in [-0.05, 0) is 60.4 Å². The van der Waals surface area contributed by atoms with Gasteiger partial charge in [0.1, 0.15) is 5.75 Å². The van der Waals surface area contributed by atoms with Crippen LogP contribution >= 0.6 is 23.2 Å². The predicted octanol–water partition coefficient (Wildman–Crippen LogP) is 4.82. The average molecular weight is 347 g/mol. The van der Waals surface area contributed by atoms with Crippen molar-refractivity contribution in [2.45, 2.75) is 19.4 Å². The Balaban J connectivity index is 2.09. The van der Waals surface area contributed by atoms with Crippen LogP contribution in [0.3, 0.4) is 0 Å². The molecule has 0 saturated carbocycles. The molecule has 0 spiro atoms. The normalized spacial score (nSPS) is 16.6. The third kappa shape index (κ3) is 3.24. The molecule has 1 unspecified atom stereocenters. The highest BCUT2D eigenvalue weighted by molar-refractivity contribution is 6.34. The molecule has 0 saturated heterocycles. The summed E-state index contributed by atoms with van der Waals surface area (Å²) in [7, 11) is 0. The number of fused-ring (bicyclic) bond motifs is 1. The average Bonchev–Trinajstić information content (AvgIpc) is 2.53. The van der Waals surface area contributed by atoms with E-state index in [9.17, 15) is 5.26 Å². The van der Waals surface area contributed by atoms with Crippen LogP contribution in [-0.2, 0) is 6.42 Å². The topological polar surface area (TPSA) is 36.3 Å². The van der Waals surface area contributed by atoms with E-state index in [1.54, 1.807) is 11.0 Å². The van der Waals surface area contributed by atoms with E-state index in [1.165, 1.54) is 5.56 Å². The summed E-state index contributed by atoms with van der Waals surface area (Å²) in [6.07, 6.45) is 3.10. The number of nitriles is 1. The summed E-state index contributed by atoms with van der Waals surface area (Å²) in [5, 5.41) is 10.7. The third-order valence-electron chi connectivity index (χ3n) is 3.98. The molecular weight excluding hydrogens is 331 g/mol. The second-order valence-corrected chi connectivity index (χ2v) is 6.32. The summed E-state index contributed by atoms with van der Waals surface area (Å²) in [6.45, 7) is 3.26. The maximum Gasteiger partial charge on any atom is 0.180 e. The Kier molecular flexibility index (Phi) is 4.66. The lowest BCUT2D eigenvalue weighted by atomic mass is 9.88. The van der Waals surface area contributed by atoms with Gasteiger partial charge in [0, 0.05) is 16.6 Å². The molecule has 3 nitrogen and oxygen atoms in total. The lowest BCUT2D eigenvalue weighted by molar-refractivity contribution is 0.311. The van der Waals surface area contributed by atoms with Crippen LogP contribution in [0.25, 0.3) is 0 Å². The Labute approximate surface area is 146 Å². The molecule has 1 heterocycles. The summed E-state index contributed by atoms with van der Waals surface area (Å²) in [5.74, 6) is 0.861. The number of hydrogen-bond acceptors (Lipinski definition) is 3. The van der Waals surface area contributed by atoms with E-state index in [0.717, 1.165) is 23.3 Å². The molecule has 1 atom stereocenters. The van der Waals surface area contributed by atoms with Crippen LogP contribution in [0, 0.1) is 11.5 Å². The van der Waals surface area contributed by atoms with Crippen molar-refractivity contribution in [2.75, 3.05) is 13.2 Å². The lowest BCUT2D eigenvalue weighted by Gasteiger charge is -2.34. The van der Waals surface area contributed by atoms with Crippen molar-refractivity contribution in [2.24, 2.45) is 0 Å². The van der Waals surface area contributed by atoms with Crippen LogP contribution in [0.5, 0.6) is 5.75 Å². The van der Waals surface area contributed by atoms with Crippen LogP contribution in [-0.4, -0.2) is 18.1 Å². The molecule has 0 aromatic heterocycles. The highest BCUT2D eigenvalue weighted by Crippen LogP contribution is 2.38. The van der Waals surface area contributed by atoms with Gasteiger partial charge in [-0.25, -0.2) is 0 Å². The second-order valence-electron chi connectivity index (χ2n) is 5.44. The van der Waals surface area contributed by atoms with Crippen molar-refractivity contribution in [3.05, 3.63) is 63.1 Å². The molecule has 3 rings (SSSR count). The highest BCUT2D eigenvalue weighted by atomic mass is 35.5. The molecule has 0 N–H and O–H groups in total. The van der Waals surface area contributed by atoms with Gasteiger partial charge >= 0.3 is 0 Å². The molecule has 0 fully saturated rings. The molecule has 2 aromatic carbocycles. The number of halogens is 2. The molecular formula is C18H16Cl2N2O. The predicted molar refractivity (Wildman–Crippen MR) is 91.9 cm³/mol. The van der Waals surface area contributed by atoms with Crippen molar-refractivity contribution >= 4 is 23.2 Å². The largest absolute Gasteiger partial charge is 0.494 e. The summed E-state index contributed by atoms with van der Waals surface area (Å²) in [4.78, 5) is 1.77. The Hall–Kier alpha value is -1.89. The van der Waals surface area contributed by atoms with Gasteiger partial charge < -0.3 is 4.74 Å². The first-order valence-electron chi connectivity index (χ1n) is 7.50. The first kappa shape index (κ1) is 16.0. The van der Waals surface area contributed by atoms with Crippen molar-refractivity contribution in [3.63, 3.8) is 0 Å². The molecule has 0 radical (unpaired) electrons.